The van der Waals surface area contributed by atoms with E-state index in [1.54, 1.807) is 0 Å². The third kappa shape index (κ3) is 3.88. The van der Waals surface area contributed by atoms with E-state index in [1.807, 2.05) is 0 Å². The maximum Gasteiger partial charge on any atom is 0.425 e. The molecule has 0 bridgehead atoms. The van der Waals surface area contributed by atoms with Gasteiger partial charge in [0.05, 0.1) is 19.2 Å². The van der Waals surface area contributed by atoms with Crippen LogP contribution in [0.5, 0.6) is 5.75 Å². The molecule has 10 heteroatoms. The Balaban J connectivity index is 2.30. The Kier molecular flexibility index (Phi) is 5.28. The van der Waals surface area contributed by atoms with Crippen LogP contribution in [0.2, 0.25) is 5.02 Å². The van der Waals surface area contributed by atoms with Gasteiger partial charge in [0.15, 0.2) is 5.82 Å². The van der Waals surface area contributed by atoms with Gasteiger partial charge in [0.1, 0.15) is 5.75 Å². The largest absolute Gasteiger partial charge is 0.495 e. The minimum atomic E-state index is -5.11. The van der Waals surface area contributed by atoms with Crippen LogP contribution in [0.3, 0.4) is 0 Å². The van der Waals surface area contributed by atoms with E-state index in [9.17, 15) is 23.1 Å². The average Bonchev–Trinajstić information content (AvgIpc) is 2.92. The zero-order valence-electron chi connectivity index (χ0n) is 13.3. The highest BCUT2D eigenvalue weighted by Crippen LogP contribution is 2.41. The summed E-state index contributed by atoms with van der Waals surface area (Å²) in [7, 11) is 2.62. The number of aliphatic hydroxyl groups is 1. The molecule has 1 heterocycles. The lowest BCUT2D eigenvalue weighted by Crippen LogP contribution is -2.46. The lowest BCUT2D eigenvalue weighted by atomic mass is 9.97. The first-order valence-corrected chi connectivity index (χ1v) is 7.36. The van der Waals surface area contributed by atoms with Gasteiger partial charge in [0.2, 0.25) is 11.5 Å². The van der Waals surface area contributed by atoms with Crippen LogP contribution in [-0.2, 0) is 17.4 Å². The van der Waals surface area contributed by atoms with E-state index in [0.717, 1.165) is 10.8 Å². The van der Waals surface area contributed by atoms with Gasteiger partial charge in [0.25, 0.3) is 0 Å². The molecule has 136 valence electrons. The molecule has 1 atom stereocenters. The number of carbonyl (C=O) groups excluding carboxylic acids is 1. The minimum absolute atomic E-state index is 0.0874. The van der Waals surface area contributed by atoms with Crippen LogP contribution in [0.1, 0.15) is 12.2 Å². The molecule has 1 unspecified atom stereocenters. The number of methoxy groups -OCH3 is 1. The standard InChI is InChI=1S/C15H15ClF3N3O3/c1-22-6-5-20-13(22)14(24,15(17,18)19)8-12(23)21-10-7-9(16)3-4-11(10)25-2/h3-7,24H,8H2,1-2H3,(H,21,23). The summed E-state index contributed by atoms with van der Waals surface area (Å²) in [5.74, 6) is -1.55. The van der Waals surface area contributed by atoms with Crippen molar-refractivity contribution < 1.29 is 27.8 Å². The Labute approximate surface area is 146 Å². The zero-order valence-corrected chi connectivity index (χ0v) is 14.0. The summed E-state index contributed by atoms with van der Waals surface area (Å²) in [5, 5.41) is 12.7. The van der Waals surface area contributed by atoms with Gasteiger partial charge in [-0.2, -0.15) is 13.2 Å². The SMILES string of the molecule is COc1ccc(Cl)cc1NC(=O)CC(O)(c1nccn1C)C(F)(F)F. The number of amides is 1. The lowest BCUT2D eigenvalue weighted by molar-refractivity contribution is -0.270. The van der Waals surface area contributed by atoms with E-state index in [1.165, 1.54) is 38.6 Å². The maximum atomic E-state index is 13.4. The second-order valence-electron chi connectivity index (χ2n) is 5.29. The molecule has 1 aromatic heterocycles. The van der Waals surface area contributed by atoms with Gasteiger partial charge in [-0.05, 0) is 18.2 Å². The molecule has 0 aliphatic rings. The molecule has 0 saturated heterocycles. The Morgan fingerprint density at radius 2 is 2.12 bits per heavy atom. The van der Waals surface area contributed by atoms with Crippen molar-refractivity contribution in [2.45, 2.75) is 18.2 Å². The second-order valence-corrected chi connectivity index (χ2v) is 5.73. The summed E-state index contributed by atoms with van der Waals surface area (Å²) in [4.78, 5) is 15.7. The number of halogens is 4. The van der Waals surface area contributed by atoms with Gasteiger partial charge < -0.3 is 19.7 Å². The van der Waals surface area contributed by atoms with E-state index in [0.29, 0.717) is 0 Å². The number of hydrogen-bond acceptors (Lipinski definition) is 4. The number of ether oxygens (including phenoxy) is 1. The van der Waals surface area contributed by atoms with Crippen molar-refractivity contribution in [3.05, 3.63) is 41.4 Å². The van der Waals surface area contributed by atoms with Crippen molar-refractivity contribution in [2.75, 3.05) is 12.4 Å². The minimum Gasteiger partial charge on any atom is -0.495 e. The van der Waals surface area contributed by atoms with Gasteiger partial charge in [-0.25, -0.2) is 4.98 Å². The van der Waals surface area contributed by atoms with Gasteiger partial charge in [0, 0.05) is 24.5 Å². The first-order chi connectivity index (χ1) is 11.6. The average molecular weight is 378 g/mol. The van der Waals surface area contributed by atoms with Crippen molar-refractivity contribution in [3.63, 3.8) is 0 Å². The molecular formula is C15H15ClF3N3O3. The molecule has 0 aliphatic heterocycles. The van der Waals surface area contributed by atoms with Crippen LogP contribution in [-0.4, -0.2) is 33.9 Å². The zero-order chi connectivity index (χ0) is 18.8. The van der Waals surface area contributed by atoms with Crippen LogP contribution in [0.25, 0.3) is 0 Å². The van der Waals surface area contributed by atoms with Crippen molar-refractivity contribution in [1.82, 2.24) is 9.55 Å². The first kappa shape index (κ1) is 19.1. The summed E-state index contributed by atoms with van der Waals surface area (Å²) >= 11 is 5.82. The monoisotopic (exact) mass is 377 g/mol. The third-order valence-electron chi connectivity index (χ3n) is 3.51. The number of alkyl halides is 3. The van der Waals surface area contributed by atoms with Crippen molar-refractivity contribution in [2.24, 2.45) is 7.05 Å². The summed E-state index contributed by atoms with van der Waals surface area (Å²) in [6.07, 6.45) is -4.05. The Morgan fingerprint density at radius 3 is 2.64 bits per heavy atom. The molecule has 25 heavy (non-hydrogen) atoms. The van der Waals surface area contributed by atoms with Crippen molar-refractivity contribution in [1.29, 1.82) is 0 Å². The van der Waals surface area contributed by atoms with E-state index >= 15 is 0 Å². The van der Waals surface area contributed by atoms with Crippen molar-refractivity contribution in [3.8, 4) is 5.75 Å². The van der Waals surface area contributed by atoms with E-state index < -0.39 is 29.9 Å². The number of benzene rings is 1. The third-order valence-corrected chi connectivity index (χ3v) is 3.75. The topological polar surface area (TPSA) is 76.4 Å². The number of rotatable bonds is 5. The van der Waals surface area contributed by atoms with E-state index in [-0.39, 0.29) is 16.5 Å². The number of nitrogens with one attached hydrogen (secondary N) is 1. The Hall–Kier alpha value is -2.26. The number of aromatic nitrogens is 2. The second kappa shape index (κ2) is 6.93. The number of aryl methyl sites for hydroxylation is 1. The molecule has 0 radical (unpaired) electrons. The molecule has 0 spiro atoms. The summed E-state index contributed by atoms with van der Waals surface area (Å²) < 4.78 is 46.3. The molecular weight excluding hydrogens is 363 g/mol. The Morgan fingerprint density at radius 1 is 1.44 bits per heavy atom. The molecule has 1 aromatic carbocycles. The fraction of sp³-hybridized carbons (Fsp3) is 0.333. The quantitative estimate of drug-likeness (QED) is 0.840. The first-order valence-electron chi connectivity index (χ1n) is 6.99. The number of imidazole rings is 1. The summed E-state index contributed by atoms with van der Waals surface area (Å²) in [5.41, 5.74) is -3.36. The molecule has 1 amide bonds. The van der Waals surface area contributed by atoms with Crippen molar-refractivity contribution >= 4 is 23.2 Å². The fourth-order valence-corrected chi connectivity index (χ4v) is 2.45. The van der Waals surface area contributed by atoms with E-state index in [4.69, 9.17) is 16.3 Å². The van der Waals surface area contributed by atoms with E-state index in [2.05, 4.69) is 10.3 Å². The molecule has 0 aliphatic carbocycles. The smallest absolute Gasteiger partial charge is 0.425 e. The van der Waals surface area contributed by atoms with Crippen LogP contribution in [0, 0.1) is 0 Å². The lowest BCUT2D eigenvalue weighted by Gasteiger charge is -2.29. The highest BCUT2D eigenvalue weighted by Gasteiger charge is 2.58. The fourth-order valence-electron chi connectivity index (χ4n) is 2.27. The number of hydrogen-bond donors (Lipinski definition) is 2. The van der Waals surface area contributed by atoms with Crippen LogP contribution >= 0.6 is 11.6 Å². The number of nitrogens with zero attached hydrogens (tertiary/aromatic N) is 2. The van der Waals surface area contributed by atoms with Gasteiger partial charge in [-0.15, -0.1) is 0 Å². The van der Waals surface area contributed by atoms with Gasteiger partial charge in [-0.1, -0.05) is 11.6 Å². The number of carbonyl (C=O) groups is 1. The number of anilines is 1. The summed E-state index contributed by atoms with van der Waals surface area (Å²) in [6, 6.07) is 4.27. The van der Waals surface area contributed by atoms with Gasteiger partial charge >= 0.3 is 6.18 Å². The predicted molar refractivity (Wildman–Crippen MR) is 84.4 cm³/mol. The summed E-state index contributed by atoms with van der Waals surface area (Å²) in [6.45, 7) is 0. The molecule has 2 N–H and O–H groups in total. The predicted octanol–water partition coefficient (Wildman–Crippen LogP) is 2.86. The normalized spacial score (nSPS) is 14.0. The molecule has 2 rings (SSSR count). The molecule has 2 aromatic rings. The van der Waals surface area contributed by atoms with Crippen LogP contribution in [0.4, 0.5) is 18.9 Å². The highest BCUT2D eigenvalue weighted by atomic mass is 35.5. The van der Waals surface area contributed by atoms with Crippen LogP contribution in [0.15, 0.2) is 30.6 Å². The molecule has 0 saturated carbocycles. The maximum absolute atomic E-state index is 13.4. The van der Waals surface area contributed by atoms with Gasteiger partial charge in [-0.3, -0.25) is 4.79 Å². The van der Waals surface area contributed by atoms with Crippen LogP contribution < -0.4 is 10.1 Å². The molecule has 6 nitrogen and oxygen atoms in total. The molecule has 0 fully saturated rings. The Bertz CT molecular complexity index is 779. The highest BCUT2D eigenvalue weighted by molar-refractivity contribution is 6.31.